The number of rotatable bonds is 5. The molecule has 0 saturated heterocycles. The van der Waals surface area contributed by atoms with Gasteiger partial charge in [0.25, 0.3) is 0 Å². The third kappa shape index (κ3) is 3.49. The number of nitrogens with zero attached hydrogens (tertiary/aromatic N) is 1. The number of para-hydroxylation sites is 1. The molecular formula is C19H26N+. The third-order valence-electron chi connectivity index (χ3n) is 4.19. The van der Waals surface area contributed by atoms with Crippen LogP contribution in [0, 0.1) is 0 Å². The van der Waals surface area contributed by atoms with Crippen LogP contribution in [-0.4, -0.2) is 14.1 Å². The standard InChI is InChI=1S/C19H26N/c1-5-16(2)18-13-11-17(12-14-18)15-20(3,4)19-9-7-6-8-10-19/h6-14,16H,5,15H2,1-4H3/q+1. The van der Waals surface area contributed by atoms with Gasteiger partial charge in [-0.3, -0.25) is 4.48 Å². The lowest BCUT2D eigenvalue weighted by molar-refractivity contribution is 0.392. The molecule has 0 N–H and O–H groups in total. The predicted octanol–water partition coefficient (Wildman–Crippen LogP) is 4.97. The molecule has 0 aromatic heterocycles. The molecule has 2 rings (SSSR count). The van der Waals surface area contributed by atoms with Gasteiger partial charge in [0.2, 0.25) is 0 Å². The van der Waals surface area contributed by atoms with E-state index in [1.807, 2.05) is 0 Å². The zero-order valence-corrected chi connectivity index (χ0v) is 13.1. The molecule has 0 fully saturated rings. The van der Waals surface area contributed by atoms with Crippen molar-refractivity contribution in [3.8, 4) is 0 Å². The van der Waals surface area contributed by atoms with Crippen molar-refractivity contribution in [2.24, 2.45) is 0 Å². The van der Waals surface area contributed by atoms with E-state index in [-0.39, 0.29) is 0 Å². The van der Waals surface area contributed by atoms with Crippen LogP contribution in [0.25, 0.3) is 0 Å². The molecule has 1 atom stereocenters. The molecule has 0 bridgehead atoms. The summed E-state index contributed by atoms with van der Waals surface area (Å²) in [5.41, 5.74) is 4.19. The molecule has 2 aromatic carbocycles. The van der Waals surface area contributed by atoms with Crippen molar-refractivity contribution >= 4 is 5.69 Å². The zero-order chi connectivity index (χ0) is 14.6. The molecule has 0 spiro atoms. The van der Waals surface area contributed by atoms with E-state index in [0.29, 0.717) is 5.92 Å². The molecular weight excluding hydrogens is 242 g/mol. The summed E-state index contributed by atoms with van der Waals surface area (Å²) >= 11 is 0. The molecule has 0 amide bonds. The van der Waals surface area contributed by atoms with Gasteiger partial charge in [0.15, 0.2) is 0 Å². The predicted molar refractivity (Wildman–Crippen MR) is 88.9 cm³/mol. The van der Waals surface area contributed by atoms with Gasteiger partial charge in [-0.2, -0.15) is 0 Å². The second-order valence-corrected chi connectivity index (χ2v) is 6.23. The van der Waals surface area contributed by atoms with Gasteiger partial charge in [-0.25, -0.2) is 0 Å². The van der Waals surface area contributed by atoms with Gasteiger partial charge < -0.3 is 0 Å². The fourth-order valence-corrected chi connectivity index (χ4v) is 2.57. The molecule has 0 aliphatic carbocycles. The first-order valence-corrected chi connectivity index (χ1v) is 7.50. The molecule has 0 aliphatic rings. The summed E-state index contributed by atoms with van der Waals surface area (Å²) < 4.78 is 0.878. The topological polar surface area (TPSA) is 0 Å². The average molecular weight is 268 g/mol. The maximum atomic E-state index is 2.29. The SMILES string of the molecule is CCC(C)c1ccc(C[N+](C)(C)c2ccccc2)cc1. The summed E-state index contributed by atoms with van der Waals surface area (Å²) in [6.07, 6.45) is 1.20. The fraction of sp³-hybridized carbons (Fsp3) is 0.368. The van der Waals surface area contributed by atoms with Crippen molar-refractivity contribution in [1.82, 2.24) is 4.48 Å². The van der Waals surface area contributed by atoms with E-state index in [9.17, 15) is 0 Å². The van der Waals surface area contributed by atoms with Gasteiger partial charge in [0, 0.05) is 5.56 Å². The van der Waals surface area contributed by atoms with Crippen molar-refractivity contribution in [3.05, 3.63) is 65.7 Å². The average Bonchev–Trinajstić information content (AvgIpc) is 2.48. The van der Waals surface area contributed by atoms with E-state index in [0.717, 1.165) is 11.0 Å². The van der Waals surface area contributed by atoms with Crippen LogP contribution in [0.3, 0.4) is 0 Å². The Hall–Kier alpha value is -1.60. The first kappa shape index (κ1) is 14.8. The van der Waals surface area contributed by atoms with Crippen LogP contribution in [0.2, 0.25) is 0 Å². The van der Waals surface area contributed by atoms with Crippen molar-refractivity contribution in [1.29, 1.82) is 0 Å². The molecule has 106 valence electrons. The highest BCUT2D eigenvalue weighted by Crippen LogP contribution is 2.23. The second-order valence-electron chi connectivity index (χ2n) is 6.23. The highest BCUT2D eigenvalue weighted by Gasteiger charge is 2.19. The smallest absolute Gasteiger partial charge is 0.132 e. The summed E-state index contributed by atoms with van der Waals surface area (Å²) in [5, 5.41) is 0. The van der Waals surface area contributed by atoms with Crippen LogP contribution < -0.4 is 4.48 Å². The van der Waals surface area contributed by atoms with E-state index >= 15 is 0 Å². The van der Waals surface area contributed by atoms with Crippen LogP contribution in [0.15, 0.2) is 54.6 Å². The molecule has 1 unspecified atom stereocenters. The van der Waals surface area contributed by atoms with Crippen LogP contribution in [0.5, 0.6) is 0 Å². The normalized spacial score (nSPS) is 13.2. The van der Waals surface area contributed by atoms with E-state index in [4.69, 9.17) is 0 Å². The van der Waals surface area contributed by atoms with Gasteiger partial charge in [-0.15, -0.1) is 0 Å². The number of quaternary nitrogens is 1. The van der Waals surface area contributed by atoms with Gasteiger partial charge >= 0.3 is 0 Å². The molecule has 1 nitrogen and oxygen atoms in total. The van der Waals surface area contributed by atoms with Crippen molar-refractivity contribution in [2.75, 3.05) is 14.1 Å². The Balaban J connectivity index is 2.13. The van der Waals surface area contributed by atoms with E-state index in [1.165, 1.54) is 23.2 Å². The lowest BCUT2D eigenvalue weighted by atomic mass is 9.97. The quantitative estimate of drug-likeness (QED) is 0.672. The minimum Gasteiger partial charge on any atom is -0.292 e. The van der Waals surface area contributed by atoms with Crippen molar-refractivity contribution < 1.29 is 0 Å². The largest absolute Gasteiger partial charge is 0.292 e. The number of hydrogen-bond donors (Lipinski definition) is 0. The summed E-state index contributed by atoms with van der Waals surface area (Å²) in [6.45, 7) is 5.55. The summed E-state index contributed by atoms with van der Waals surface area (Å²) in [7, 11) is 4.52. The van der Waals surface area contributed by atoms with E-state index < -0.39 is 0 Å². The zero-order valence-electron chi connectivity index (χ0n) is 13.1. The van der Waals surface area contributed by atoms with Gasteiger partial charge in [-0.05, 0) is 30.0 Å². The first-order valence-electron chi connectivity index (χ1n) is 7.50. The lowest BCUT2D eigenvalue weighted by Gasteiger charge is -2.29. The Morgan fingerprint density at radius 2 is 1.50 bits per heavy atom. The summed E-state index contributed by atoms with van der Waals surface area (Å²) in [6, 6.07) is 19.8. The van der Waals surface area contributed by atoms with Crippen LogP contribution in [-0.2, 0) is 6.54 Å². The molecule has 0 saturated carbocycles. The highest BCUT2D eigenvalue weighted by molar-refractivity contribution is 5.42. The monoisotopic (exact) mass is 268 g/mol. The molecule has 20 heavy (non-hydrogen) atoms. The van der Waals surface area contributed by atoms with Crippen LogP contribution in [0.4, 0.5) is 5.69 Å². The van der Waals surface area contributed by atoms with Crippen molar-refractivity contribution in [2.45, 2.75) is 32.7 Å². The van der Waals surface area contributed by atoms with Gasteiger partial charge in [0.05, 0.1) is 14.1 Å². The summed E-state index contributed by atoms with van der Waals surface area (Å²) in [5.74, 6) is 0.653. The Labute approximate surface area is 123 Å². The number of benzene rings is 2. The Bertz CT molecular complexity index is 525. The Kier molecular flexibility index (Phi) is 4.61. The second kappa shape index (κ2) is 6.23. The molecule has 0 radical (unpaired) electrons. The van der Waals surface area contributed by atoms with Gasteiger partial charge in [-0.1, -0.05) is 56.3 Å². The van der Waals surface area contributed by atoms with E-state index in [2.05, 4.69) is 82.5 Å². The van der Waals surface area contributed by atoms with Gasteiger partial charge in [0.1, 0.15) is 12.2 Å². The Morgan fingerprint density at radius 3 is 2.05 bits per heavy atom. The first-order chi connectivity index (χ1) is 9.53. The van der Waals surface area contributed by atoms with E-state index in [1.54, 1.807) is 0 Å². The minimum atomic E-state index is 0.653. The van der Waals surface area contributed by atoms with Crippen LogP contribution in [0.1, 0.15) is 37.3 Å². The minimum absolute atomic E-state index is 0.653. The molecule has 0 heterocycles. The van der Waals surface area contributed by atoms with Crippen LogP contribution >= 0.6 is 0 Å². The maximum Gasteiger partial charge on any atom is 0.132 e. The third-order valence-corrected chi connectivity index (χ3v) is 4.19. The number of hydrogen-bond acceptors (Lipinski definition) is 0. The molecule has 1 heteroatoms. The Morgan fingerprint density at radius 1 is 0.900 bits per heavy atom. The summed E-state index contributed by atoms with van der Waals surface area (Å²) in [4.78, 5) is 0. The maximum absolute atomic E-state index is 2.29. The molecule has 0 aliphatic heterocycles. The lowest BCUT2D eigenvalue weighted by Crippen LogP contribution is -2.39. The fourth-order valence-electron chi connectivity index (χ4n) is 2.57. The highest BCUT2D eigenvalue weighted by atomic mass is 15.3. The van der Waals surface area contributed by atoms with Crippen molar-refractivity contribution in [3.63, 3.8) is 0 Å². The molecule has 2 aromatic rings.